The largest absolute Gasteiger partial charge is 0.338 e. The van der Waals surface area contributed by atoms with E-state index in [1.807, 2.05) is 24.3 Å². The van der Waals surface area contributed by atoms with E-state index in [0.29, 0.717) is 0 Å². The van der Waals surface area contributed by atoms with Crippen LogP contribution < -0.4 is 0 Å². The molecule has 0 aliphatic heterocycles. The number of hydrogen-bond donors (Lipinski definition) is 1. The van der Waals surface area contributed by atoms with Gasteiger partial charge in [-0.05, 0) is 40.8 Å². The van der Waals surface area contributed by atoms with Gasteiger partial charge in [-0.25, -0.2) is 4.98 Å². The molecule has 0 amide bonds. The molecule has 3 aromatic rings. The fraction of sp³-hybridized carbons (Fsp3) is 0.211. The molecule has 0 spiro atoms. The van der Waals surface area contributed by atoms with Gasteiger partial charge >= 0.3 is 0 Å². The van der Waals surface area contributed by atoms with E-state index in [9.17, 15) is 0 Å². The number of H-pyrrole nitrogens is 1. The maximum atomic E-state index is 4.57. The van der Waals surface area contributed by atoms with Crippen LogP contribution in [0.1, 0.15) is 37.7 Å². The molecule has 1 aromatic heterocycles. The van der Waals surface area contributed by atoms with Crippen molar-refractivity contribution in [2.24, 2.45) is 0 Å². The van der Waals surface area contributed by atoms with E-state index in [1.54, 1.807) is 0 Å². The number of halogens is 1. The molecule has 1 heterocycles. The van der Waals surface area contributed by atoms with Crippen molar-refractivity contribution in [1.29, 1.82) is 0 Å². The molecule has 0 aliphatic carbocycles. The molecular formula is C19H19BrN2. The molecular weight excluding hydrogens is 336 g/mol. The van der Waals surface area contributed by atoms with Crippen LogP contribution in [-0.2, 0) is 5.41 Å². The summed E-state index contributed by atoms with van der Waals surface area (Å²) in [7, 11) is 0. The molecule has 0 radical (unpaired) electrons. The molecule has 3 rings (SSSR count). The smallest absolute Gasteiger partial charge is 0.131 e. The first-order chi connectivity index (χ1) is 10.4. The van der Waals surface area contributed by atoms with Crippen LogP contribution in [0.4, 0.5) is 0 Å². The lowest BCUT2D eigenvalue weighted by molar-refractivity contribution is 0.590. The number of rotatable bonds is 2. The molecule has 22 heavy (non-hydrogen) atoms. The number of hydrogen-bond acceptors (Lipinski definition) is 1. The average molecular weight is 355 g/mol. The van der Waals surface area contributed by atoms with Crippen molar-refractivity contribution in [2.75, 3.05) is 0 Å². The number of aromatic amines is 1. The maximum absolute atomic E-state index is 4.57. The number of imidazole rings is 1. The Morgan fingerprint density at radius 1 is 1.00 bits per heavy atom. The Hall–Kier alpha value is -1.87. The Labute approximate surface area is 139 Å². The van der Waals surface area contributed by atoms with Gasteiger partial charge in [0.25, 0.3) is 0 Å². The van der Waals surface area contributed by atoms with Gasteiger partial charge in [0.15, 0.2) is 0 Å². The summed E-state index contributed by atoms with van der Waals surface area (Å²) in [6.07, 6.45) is 4.10. The molecule has 0 aliphatic rings. The monoisotopic (exact) mass is 354 g/mol. The second-order valence-electron chi connectivity index (χ2n) is 6.49. The summed E-state index contributed by atoms with van der Waals surface area (Å²) in [6, 6.07) is 14.7. The van der Waals surface area contributed by atoms with Crippen LogP contribution in [0.25, 0.3) is 23.2 Å². The van der Waals surface area contributed by atoms with Gasteiger partial charge in [-0.2, -0.15) is 0 Å². The highest BCUT2D eigenvalue weighted by atomic mass is 79.9. The molecule has 0 saturated carbocycles. The van der Waals surface area contributed by atoms with E-state index in [4.69, 9.17) is 0 Å². The second kappa shape index (κ2) is 5.73. The summed E-state index contributed by atoms with van der Waals surface area (Å²) in [5.74, 6) is 0.869. The van der Waals surface area contributed by atoms with E-state index < -0.39 is 0 Å². The summed E-state index contributed by atoms with van der Waals surface area (Å²) in [4.78, 5) is 7.88. The summed E-state index contributed by atoms with van der Waals surface area (Å²) in [5.41, 5.74) is 4.73. The van der Waals surface area contributed by atoms with Crippen LogP contribution in [-0.4, -0.2) is 9.97 Å². The number of benzene rings is 2. The summed E-state index contributed by atoms with van der Waals surface area (Å²) < 4.78 is 1.04. The minimum atomic E-state index is 0.189. The van der Waals surface area contributed by atoms with Gasteiger partial charge in [0.2, 0.25) is 0 Å². The van der Waals surface area contributed by atoms with E-state index >= 15 is 0 Å². The number of aromatic nitrogens is 2. The predicted molar refractivity (Wildman–Crippen MR) is 97.9 cm³/mol. The van der Waals surface area contributed by atoms with E-state index in [1.165, 1.54) is 11.1 Å². The van der Waals surface area contributed by atoms with Crippen molar-refractivity contribution < 1.29 is 0 Å². The molecule has 1 N–H and O–H groups in total. The molecule has 0 fully saturated rings. The molecule has 0 bridgehead atoms. The first kappa shape index (κ1) is 15.0. The highest BCUT2D eigenvalue weighted by molar-refractivity contribution is 9.10. The Morgan fingerprint density at radius 2 is 1.73 bits per heavy atom. The van der Waals surface area contributed by atoms with Gasteiger partial charge < -0.3 is 4.98 Å². The normalized spacial score (nSPS) is 12.4. The third kappa shape index (κ3) is 3.30. The summed E-state index contributed by atoms with van der Waals surface area (Å²) in [6.45, 7) is 6.68. The Kier molecular flexibility index (Phi) is 3.92. The van der Waals surface area contributed by atoms with Crippen molar-refractivity contribution in [3.63, 3.8) is 0 Å². The van der Waals surface area contributed by atoms with Crippen molar-refractivity contribution in [1.82, 2.24) is 9.97 Å². The van der Waals surface area contributed by atoms with E-state index in [0.717, 1.165) is 21.3 Å². The molecule has 2 nitrogen and oxygen atoms in total. The van der Waals surface area contributed by atoms with Crippen LogP contribution in [0.2, 0.25) is 0 Å². The fourth-order valence-electron chi connectivity index (χ4n) is 2.35. The second-order valence-corrected chi connectivity index (χ2v) is 7.40. The number of nitrogens with zero attached hydrogens (tertiary/aromatic N) is 1. The summed E-state index contributed by atoms with van der Waals surface area (Å²) >= 11 is 3.47. The number of nitrogens with one attached hydrogen (secondary N) is 1. The zero-order chi connectivity index (χ0) is 15.7. The first-order valence-corrected chi connectivity index (χ1v) is 8.15. The van der Waals surface area contributed by atoms with Crippen LogP contribution >= 0.6 is 15.9 Å². The standard InChI is InChI=1S/C19H19BrN2/c1-19(2,3)14-7-4-13(5-8-14)6-11-18-21-16-10-9-15(20)12-17(16)22-18/h4-12H,1-3H3,(H,21,22)/b11-6+. The first-order valence-electron chi connectivity index (χ1n) is 7.36. The van der Waals surface area contributed by atoms with Gasteiger partial charge in [-0.15, -0.1) is 0 Å². The van der Waals surface area contributed by atoms with Crippen LogP contribution in [0.5, 0.6) is 0 Å². The lowest BCUT2D eigenvalue weighted by Crippen LogP contribution is -2.10. The van der Waals surface area contributed by atoms with Gasteiger partial charge in [-0.1, -0.05) is 67.0 Å². The maximum Gasteiger partial charge on any atom is 0.131 e. The predicted octanol–water partition coefficient (Wildman–Crippen LogP) is 5.79. The molecule has 0 saturated heterocycles. The van der Waals surface area contributed by atoms with E-state index in [2.05, 4.69) is 77.0 Å². The van der Waals surface area contributed by atoms with Gasteiger partial charge in [-0.3, -0.25) is 0 Å². The topological polar surface area (TPSA) is 28.7 Å². The molecule has 0 unspecified atom stereocenters. The Morgan fingerprint density at radius 3 is 2.41 bits per heavy atom. The zero-order valence-electron chi connectivity index (χ0n) is 13.0. The van der Waals surface area contributed by atoms with Gasteiger partial charge in [0.1, 0.15) is 5.82 Å². The van der Waals surface area contributed by atoms with Crippen molar-refractivity contribution in [2.45, 2.75) is 26.2 Å². The minimum Gasteiger partial charge on any atom is -0.338 e. The van der Waals surface area contributed by atoms with Crippen LogP contribution in [0, 0.1) is 0 Å². The lowest BCUT2D eigenvalue weighted by atomic mass is 9.87. The van der Waals surface area contributed by atoms with Gasteiger partial charge in [0, 0.05) is 4.47 Å². The van der Waals surface area contributed by atoms with Crippen LogP contribution in [0.15, 0.2) is 46.9 Å². The molecule has 2 aromatic carbocycles. The van der Waals surface area contributed by atoms with Crippen molar-refractivity contribution >= 4 is 39.1 Å². The van der Waals surface area contributed by atoms with Gasteiger partial charge in [0.05, 0.1) is 11.0 Å². The third-order valence-electron chi connectivity index (χ3n) is 3.67. The van der Waals surface area contributed by atoms with Crippen molar-refractivity contribution in [3.05, 3.63) is 63.9 Å². The highest BCUT2D eigenvalue weighted by Crippen LogP contribution is 2.23. The zero-order valence-corrected chi connectivity index (χ0v) is 14.6. The average Bonchev–Trinajstić information content (AvgIpc) is 2.86. The quantitative estimate of drug-likeness (QED) is 0.619. The van der Waals surface area contributed by atoms with Crippen molar-refractivity contribution in [3.8, 4) is 0 Å². The SMILES string of the molecule is CC(C)(C)c1ccc(/C=C/c2nc3cc(Br)ccc3[nH]2)cc1. The van der Waals surface area contributed by atoms with E-state index in [-0.39, 0.29) is 5.41 Å². The molecule has 0 atom stereocenters. The lowest BCUT2D eigenvalue weighted by Gasteiger charge is -2.18. The third-order valence-corrected chi connectivity index (χ3v) is 4.17. The highest BCUT2D eigenvalue weighted by Gasteiger charge is 2.12. The number of fused-ring (bicyclic) bond motifs is 1. The summed E-state index contributed by atoms with van der Waals surface area (Å²) in [5, 5.41) is 0. The minimum absolute atomic E-state index is 0.189. The Bertz CT molecular complexity index is 821. The molecule has 3 heteroatoms. The van der Waals surface area contributed by atoms with Crippen LogP contribution in [0.3, 0.4) is 0 Å². The molecule has 112 valence electrons. The Balaban J connectivity index is 1.83. The fourth-order valence-corrected chi connectivity index (χ4v) is 2.70.